The minimum Gasteiger partial charge on any atom is -0.378 e. The number of carbonyl (C=O) groups is 2. The lowest BCUT2D eigenvalue weighted by molar-refractivity contribution is -0.116. The second-order valence-corrected chi connectivity index (χ2v) is 6.97. The molecule has 2 N–H and O–H groups in total. The quantitative estimate of drug-likeness (QED) is 0.876. The third kappa shape index (κ3) is 5.67. The Labute approximate surface area is 137 Å². The lowest BCUT2D eigenvalue weighted by Gasteiger charge is -2.21. The average Bonchev–Trinajstić information content (AvgIpc) is 2.97. The number of anilines is 1. The second kappa shape index (κ2) is 7.59. The van der Waals surface area contributed by atoms with E-state index in [0.717, 1.165) is 25.9 Å². The van der Waals surface area contributed by atoms with Gasteiger partial charge < -0.3 is 15.4 Å². The van der Waals surface area contributed by atoms with Crippen molar-refractivity contribution in [3.63, 3.8) is 0 Å². The van der Waals surface area contributed by atoms with E-state index in [1.165, 1.54) is 0 Å². The van der Waals surface area contributed by atoms with Gasteiger partial charge >= 0.3 is 0 Å². The van der Waals surface area contributed by atoms with E-state index < -0.39 is 0 Å². The predicted octanol–water partition coefficient (Wildman–Crippen LogP) is 3.11. The average molecular weight is 318 g/mol. The molecule has 0 radical (unpaired) electrons. The van der Waals surface area contributed by atoms with Gasteiger partial charge in [0.1, 0.15) is 0 Å². The largest absolute Gasteiger partial charge is 0.378 e. The smallest absolute Gasteiger partial charge is 0.253 e. The molecule has 5 heteroatoms. The first kappa shape index (κ1) is 17.5. The van der Waals surface area contributed by atoms with E-state index in [1.54, 1.807) is 18.2 Å². The molecule has 2 amide bonds. The molecule has 1 aromatic carbocycles. The molecule has 0 bridgehead atoms. The van der Waals surface area contributed by atoms with Crippen molar-refractivity contribution in [3.05, 3.63) is 29.8 Å². The molecule has 0 unspecified atom stereocenters. The summed E-state index contributed by atoms with van der Waals surface area (Å²) in [4.78, 5) is 24.5. The van der Waals surface area contributed by atoms with Crippen molar-refractivity contribution in [3.8, 4) is 0 Å². The predicted molar refractivity (Wildman–Crippen MR) is 90.5 cm³/mol. The Bertz CT molecular complexity index is 558. The Morgan fingerprint density at radius 1 is 1.26 bits per heavy atom. The summed E-state index contributed by atoms with van der Waals surface area (Å²) in [6, 6.07) is 7.07. The molecule has 23 heavy (non-hydrogen) atoms. The van der Waals surface area contributed by atoms with Gasteiger partial charge in [-0.3, -0.25) is 9.59 Å². The van der Waals surface area contributed by atoms with Gasteiger partial charge in [0.05, 0.1) is 17.4 Å². The Balaban J connectivity index is 1.96. The molecular formula is C18H26N2O3. The number of nitrogens with one attached hydrogen (secondary N) is 2. The summed E-state index contributed by atoms with van der Waals surface area (Å²) in [6.07, 6.45) is 3.42. The van der Waals surface area contributed by atoms with Crippen LogP contribution in [0.3, 0.4) is 0 Å². The van der Waals surface area contributed by atoms with Gasteiger partial charge in [-0.2, -0.15) is 0 Å². The number of benzene rings is 1. The normalized spacial score (nSPS) is 17.8. The fourth-order valence-corrected chi connectivity index (χ4v) is 2.57. The van der Waals surface area contributed by atoms with E-state index in [-0.39, 0.29) is 23.5 Å². The topological polar surface area (TPSA) is 67.4 Å². The van der Waals surface area contributed by atoms with Gasteiger partial charge in [-0.25, -0.2) is 0 Å². The zero-order valence-corrected chi connectivity index (χ0v) is 14.1. The molecule has 1 heterocycles. The first-order chi connectivity index (χ1) is 10.8. The van der Waals surface area contributed by atoms with Crippen LogP contribution in [0.25, 0.3) is 0 Å². The second-order valence-electron chi connectivity index (χ2n) is 6.97. The number of amides is 2. The van der Waals surface area contributed by atoms with E-state index in [0.29, 0.717) is 17.7 Å². The van der Waals surface area contributed by atoms with Gasteiger partial charge in [-0.05, 0) is 52.2 Å². The molecule has 0 aromatic heterocycles. The first-order valence-electron chi connectivity index (χ1n) is 8.18. The van der Waals surface area contributed by atoms with E-state index in [2.05, 4.69) is 10.6 Å². The molecule has 1 aliphatic heterocycles. The third-order valence-corrected chi connectivity index (χ3v) is 3.65. The van der Waals surface area contributed by atoms with Crippen LogP contribution in [0.2, 0.25) is 0 Å². The van der Waals surface area contributed by atoms with Crippen LogP contribution in [0.5, 0.6) is 0 Å². The molecule has 1 atom stereocenters. The summed E-state index contributed by atoms with van der Waals surface area (Å²) in [5, 5.41) is 5.76. The summed E-state index contributed by atoms with van der Waals surface area (Å²) >= 11 is 0. The third-order valence-electron chi connectivity index (χ3n) is 3.65. The number of rotatable bonds is 5. The van der Waals surface area contributed by atoms with Crippen LogP contribution in [-0.4, -0.2) is 30.1 Å². The van der Waals surface area contributed by atoms with Crippen molar-refractivity contribution in [2.45, 2.75) is 58.1 Å². The van der Waals surface area contributed by atoms with Gasteiger partial charge in [0.15, 0.2) is 0 Å². The zero-order chi connectivity index (χ0) is 16.9. The van der Waals surface area contributed by atoms with Crippen molar-refractivity contribution in [2.24, 2.45) is 0 Å². The SMILES string of the molecule is CC(C)(C)NC(=O)c1ccccc1NC(=O)CC[C@H]1CCCO1. The minimum atomic E-state index is -0.325. The van der Waals surface area contributed by atoms with E-state index >= 15 is 0 Å². The van der Waals surface area contributed by atoms with Gasteiger partial charge in [-0.1, -0.05) is 12.1 Å². The van der Waals surface area contributed by atoms with Crippen LogP contribution in [0.1, 0.15) is 56.8 Å². The minimum absolute atomic E-state index is 0.0866. The maximum absolute atomic E-state index is 12.3. The molecule has 0 spiro atoms. The highest BCUT2D eigenvalue weighted by molar-refractivity contribution is 6.03. The fourth-order valence-electron chi connectivity index (χ4n) is 2.57. The van der Waals surface area contributed by atoms with Gasteiger partial charge in [0.2, 0.25) is 5.91 Å². The molecule has 1 aromatic rings. The van der Waals surface area contributed by atoms with Crippen molar-refractivity contribution in [2.75, 3.05) is 11.9 Å². The number of ether oxygens (including phenoxy) is 1. The highest BCUT2D eigenvalue weighted by Gasteiger charge is 2.20. The Hall–Kier alpha value is -1.88. The van der Waals surface area contributed by atoms with Crippen LogP contribution in [0.15, 0.2) is 24.3 Å². The maximum Gasteiger partial charge on any atom is 0.253 e. The van der Waals surface area contributed by atoms with E-state index in [9.17, 15) is 9.59 Å². The number of hydrogen-bond acceptors (Lipinski definition) is 3. The van der Waals surface area contributed by atoms with Crippen LogP contribution in [0.4, 0.5) is 5.69 Å². The van der Waals surface area contributed by atoms with E-state index in [1.807, 2.05) is 26.8 Å². The summed E-state index contributed by atoms with van der Waals surface area (Å²) in [5.41, 5.74) is 0.702. The maximum atomic E-state index is 12.3. The van der Waals surface area contributed by atoms with Crippen molar-refractivity contribution in [1.82, 2.24) is 5.32 Å². The Morgan fingerprint density at radius 3 is 2.65 bits per heavy atom. The van der Waals surface area contributed by atoms with Crippen LogP contribution < -0.4 is 10.6 Å². The lowest BCUT2D eigenvalue weighted by Crippen LogP contribution is -2.40. The molecule has 1 fully saturated rings. The summed E-state index contributed by atoms with van der Waals surface area (Å²) in [6.45, 7) is 6.57. The monoisotopic (exact) mass is 318 g/mol. The Kier molecular flexibility index (Phi) is 5.77. The van der Waals surface area contributed by atoms with Crippen molar-refractivity contribution in [1.29, 1.82) is 0 Å². The molecule has 0 saturated carbocycles. The molecule has 1 aliphatic rings. The molecular weight excluding hydrogens is 292 g/mol. The summed E-state index contributed by atoms with van der Waals surface area (Å²) < 4.78 is 5.53. The number of hydrogen-bond donors (Lipinski definition) is 2. The van der Waals surface area contributed by atoms with Crippen molar-refractivity contribution >= 4 is 17.5 Å². The van der Waals surface area contributed by atoms with Gasteiger partial charge in [0, 0.05) is 18.6 Å². The number of carbonyl (C=O) groups excluding carboxylic acids is 2. The van der Waals surface area contributed by atoms with Crippen LogP contribution >= 0.6 is 0 Å². The molecule has 5 nitrogen and oxygen atoms in total. The van der Waals surface area contributed by atoms with Gasteiger partial charge in [0.25, 0.3) is 5.91 Å². The molecule has 126 valence electrons. The van der Waals surface area contributed by atoms with Crippen LogP contribution in [0, 0.1) is 0 Å². The number of para-hydroxylation sites is 1. The summed E-state index contributed by atoms with van der Waals surface area (Å²) in [5.74, 6) is -0.274. The Morgan fingerprint density at radius 2 is 2.00 bits per heavy atom. The van der Waals surface area contributed by atoms with Gasteiger partial charge in [-0.15, -0.1) is 0 Å². The molecule has 0 aliphatic carbocycles. The summed E-state index contributed by atoms with van der Waals surface area (Å²) in [7, 11) is 0. The molecule has 1 saturated heterocycles. The van der Waals surface area contributed by atoms with Crippen molar-refractivity contribution < 1.29 is 14.3 Å². The van der Waals surface area contributed by atoms with E-state index in [4.69, 9.17) is 4.74 Å². The molecule has 2 rings (SSSR count). The lowest BCUT2D eigenvalue weighted by atomic mass is 10.1. The zero-order valence-electron chi connectivity index (χ0n) is 14.1. The standard InChI is InChI=1S/C18H26N2O3/c1-18(2,3)20-17(22)14-8-4-5-9-15(14)19-16(21)11-10-13-7-6-12-23-13/h4-5,8-9,13H,6-7,10-12H2,1-3H3,(H,19,21)(H,20,22)/t13-/m1/s1. The highest BCUT2D eigenvalue weighted by atomic mass is 16.5. The fraction of sp³-hybridized carbons (Fsp3) is 0.556. The van der Waals surface area contributed by atoms with Crippen LogP contribution in [-0.2, 0) is 9.53 Å². The highest BCUT2D eigenvalue weighted by Crippen LogP contribution is 2.19. The first-order valence-corrected chi connectivity index (χ1v) is 8.18.